The van der Waals surface area contributed by atoms with Crippen molar-refractivity contribution in [3.05, 3.63) is 77.4 Å². The van der Waals surface area contributed by atoms with Gasteiger partial charge in [0.25, 0.3) is 0 Å². The van der Waals surface area contributed by atoms with E-state index < -0.39 is 11.7 Å². The van der Waals surface area contributed by atoms with Gasteiger partial charge in [0.1, 0.15) is 17.1 Å². The molecule has 0 bridgehead atoms. The molecule has 0 spiro atoms. The predicted octanol–water partition coefficient (Wildman–Crippen LogP) is 8.41. The highest BCUT2D eigenvalue weighted by Crippen LogP contribution is 2.37. The van der Waals surface area contributed by atoms with Crippen molar-refractivity contribution in [2.24, 2.45) is 0 Å². The van der Waals surface area contributed by atoms with Crippen LogP contribution in [0.5, 0.6) is 11.5 Å². The molecule has 4 nitrogen and oxygen atoms in total. The largest absolute Gasteiger partial charge is 0.457 e. The Bertz CT molecular complexity index is 1150. The Morgan fingerprint density at radius 2 is 1.48 bits per heavy atom. The number of rotatable bonds is 4. The van der Waals surface area contributed by atoms with Gasteiger partial charge in [0.05, 0.1) is 5.69 Å². The number of carbonyl (C=O) groups excluding carboxylic acids is 1. The second-order valence-electron chi connectivity index (χ2n) is 10.5. The third-order valence-corrected chi connectivity index (χ3v) is 5.30. The van der Waals surface area contributed by atoms with Crippen molar-refractivity contribution in [2.45, 2.75) is 66.4 Å². The minimum Gasteiger partial charge on any atom is -0.457 e. The number of hydrogen-bond donors (Lipinski definition) is 1. The summed E-state index contributed by atoms with van der Waals surface area (Å²) in [7, 11) is 0. The number of hydrogen-bond acceptors (Lipinski definition) is 3. The number of para-hydroxylation sites is 1. The lowest BCUT2D eigenvalue weighted by atomic mass is 9.87. The molecule has 0 aliphatic carbocycles. The highest BCUT2D eigenvalue weighted by atomic mass is 16.6. The van der Waals surface area contributed by atoms with Crippen molar-refractivity contribution in [3.63, 3.8) is 0 Å². The molecule has 33 heavy (non-hydrogen) atoms. The van der Waals surface area contributed by atoms with Crippen molar-refractivity contribution in [1.29, 1.82) is 0 Å². The Morgan fingerprint density at radius 3 is 2.15 bits per heavy atom. The molecule has 4 heteroatoms. The Morgan fingerprint density at radius 1 is 0.788 bits per heavy atom. The molecule has 1 N–H and O–H groups in total. The van der Waals surface area contributed by atoms with Crippen LogP contribution >= 0.6 is 0 Å². The molecule has 0 fully saturated rings. The van der Waals surface area contributed by atoms with Gasteiger partial charge in [0.15, 0.2) is 0 Å². The van der Waals surface area contributed by atoms with Gasteiger partial charge in [-0.25, -0.2) is 4.79 Å². The third kappa shape index (κ3) is 6.38. The zero-order valence-electron chi connectivity index (χ0n) is 21.0. The molecular formula is C29H35NO3. The normalized spacial score (nSPS) is 11.8. The zero-order chi connectivity index (χ0) is 24.4. The van der Waals surface area contributed by atoms with E-state index in [2.05, 4.69) is 57.3 Å². The highest BCUT2D eigenvalue weighted by molar-refractivity contribution is 5.92. The average Bonchev–Trinajstić information content (AvgIpc) is 2.69. The van der Waals surface area contributed by atoms with Crippen LogP contribution in [0.15, 0.2) is 60.7 Å². The second kappa shape index (κ2) is 9.30. The molecule has 0 radical (unpaired) electrons. The van der Waals surface area contributed by atoms with Crippen molar-refractivity contribution in [2.75, 3.05) is 5.32 Å². The SMILES string of the molecule is Cc1cc(-c2ccccc2NC(=O)OC(C)(C)C)c(C)cc1Oc1cccc(C(C)(C)C)c1. The Balaban J connectivity index is 1.91. The van der Waals surface area contributed by atoms with Gasteiger partial charge in [0, 0.05) is 5.56 Å². The molecule has 0 aromatic heterocycles. The molecule has 0 aliphatic rings. The maximum Gasteiger partial charge on any atom is 0.412 e. The lowest BCUT2D eigenvalue weighted by molar-refractivity contribution is 0.0636. The second-order valence-corrected chi connectivity index (χ2v) is 10.5. The van der Waals surface area contributed by atoms with Gasteiger partial charge >= 0.3 is 6.09 Å². The van der Waals surface area contributed by atoms with Crippen LogP contribution in [0.4, 0.5) is 10.5 Å². The van der Waals surface area contributed by atoms with E-state index in [-0.39, 0.29) is 5.41 Å². The number of ether oxygens (including phenoxy) is 2. The van der Waals surface area contributed by atoms with Crippen LogP contribution in [0.2, 0.25) is 0 Å². The molecule has 1 amide bonds. The van der Waals surface area contributed by atoms with Crippen molar-refractivity contribution in [3.8, 4) is 22.6 Å². The standard InChI is InChI=1S/C29H35NO3/c1-19-17-26(32-22-13-11-12-21(18-22)28(3,4)5)20(2)16-24(19)23-14-9-10-15-25(23)30-27(31)33-29(6,7)8/h9-18H,1-8H3,(H,30,31). The molecular weight excluding hydrogens is 410 g/mol. The van der Waals surface area contributed by atoms with E-state index in [9.17, 15) is 4.79 Å². The molecule has 0 aliphatic heterocycles. The van der Waals surface area contributed by atoms with Crippen LogP contribution < -0.4 is 10.1 Å². The van der Waals surface area contributed by atoms with Gasteiger partial charge in [-0.05, 0) is 92.6 Å². The lowest BCUT2D eigenvalue weighted by Gasteiger charge is -2.21. The molecule has 0 unspecified atom stereocenters. The summed E-state index contributed by atoms with van der Waals surface area (Å²) in [4.78, 5) is 12.4. The summed E-state index contributed by atoms with van der Waals surface area (Å²) < 4.78 is 11.7. The fraction of sp³-hybridized carbons (Fsp3) is 0.345. The maximum absolute atomic E-state index is 12.4. The average molecular weight is 446 g/mol. The lowest BCUT2D eigenvalue weighted by Crippen LogP contribution is -2.27. The first-order chi connectivity index (χ1) is 15.3. The first-order valence-electron chi connectivity index (χ1n) is 11.3. The van der Waals surface area contributed by atoms with Crippen LogP contribution in [-0.4, -0.2) is 11.7 Å². The fourth-order valence-electron chi connectivity index (χ4n) is 3.58. The van der Waals surface area contributed by atoms with Gasteiger partial charge in [-0.3, -0.25) is 5.32 Å². The Hall–Kier alpha value is -3.27. The Kier molecular flexibility index (Phi) is 6.87. The van der Waals surface area contributed by atoms with Crippen molar-refractivity contribution in [1.82, 2.24) is 0 Å². The number of carbonyl (C=O) groups is 1. The highest BCUT2D eigenvalue weighted by Gasteiger charge is 2.19. The van der Waals surface area contributed by atoms with Gasteiger partial charge in [0.2, 0.25) is 0 Å². The topological polar surface area (TPSA) is 47.6 Å². The summed E-state index contributed by atoms with van der Waals surface area (Å²) in [5, 5.41) is 2.89. The molecule has 0 saturated carbocycles. The molecule has 174 valence electrons. The number of aryl methyl sites for hydroxylation is 2. The Labute approximate surface area is 197 Å². The summed E-state index contributed by atoms with van der Waals surface area (Å²) in [6, 6.07) is 20.2. The minimum absolute atomic E-state index is 0.0546. The smallest absolute Gasteiger partial charge is 0.412 e. The van der Waals surface area contributed by atoms with Gasteiger partial charge in [-0.2, -0.15) is 0 Å². The molecule has 0 saturated heterocycles. The van der Waals surface area contributed by atoms with Crippen LogP contribution in [0.25, 0.3) is 11.1 Å². The number of anilines is 1. The van der Waals surface area contributed by atoms with E-state index in [1.54, 1.807) is 0 Å². The van der Waals surface area contributed by atoms with E-state index in [0.29, 0.717) is 5.69 Å². The number of amides is 1. The molecule has 0 heterocycles. The first kappa shape index (κ1) is 24.4. The fourth-order valence-corrected chi connectivity index (χ4v) is 3.58. The quantitative estimate of drug-likeness (QED) is 0.438. The van der Waals surface area contributed by atoms with E-state index in [4.69, 9.17) is 9.47 Å². The third-order valence-electron chi connectivity index (χ3n) is 5.30. The van der Waals surface area contributed by atoms with E-state index in [0.717, 1.165) is 33.8 Å². The molecule has 0 atom stereocenters. The van der Waals surface area contributed by atoms with Crippen molar-refractivity contribution < 1.29 is 14.3 Å². The number of nitrogens with one attached hydrogen (secondary N) is 1. The van der Waals surface area contributed by atoms with Gasteiger partial charge in [-0.1, -0.05) is 51.1 Å². The van der Waals surface area contributed by atoms with Crippen LogP contribution in [-0.2, 0) is 10.2 Å². The van der Waals surface area contributed by atoms with Crippen LogP contribution in [0, 0.1) is 13.8 Å². The zero-order valence-corrected chi connectivity index (χ0v) is 21.0. The van der Waals surface area contributed by atoms with Gasteiger partial charge < -0.3 is 9.47 Å². The van der Waals surface area contributed by atoms with Crippen molar-refractivity contribution >= 4 is 11.8 Å². The summed E-state index contributed by atoms with van der Waals surface area (Å²) in [6.45, 7) is 16.2. The number of benzene rings is 3. The monoisotopic (exact) mass is 445 g/mol. The van der Waals surface area contributed by atoms with Gasteiger partial charge in [-0.15, -0.1) is 0 Å². The predicted molar refractivity (Wildman–Crippen MR) is 136 cm³/mol. The first-order valence-corrected chi connectivity index (χ1v) is 11.3. The summed E-state index contributed by atoms with van der Waals surface area (Å²) in [5.41, 5.74) is 5.48. The maximum atomic E-state index is 12.4. The molecule has 3 rings (SSSR count). The molecule has 3 aromatic carbocycles. The minimum atomic E-state index is -0.561. The van der Waals surface area contributed by atoms with Crippen LogP contribution in [0.3, 0.4) is 0 Å². The summed E-state index contributed by atoms with van der Waals surface area (Å²) in [6.07, 6.45) is -0.469. The van der Waals surface area contributed by atoms with Crippen LogP contribution in [0.1, 0.15) is 58.2 Å². The molecule has 3 aromatic rings. The summed E-state index contributed by atoms with van der Waals surface area (Å²) >= 11 is 0. The summed E-state index contributed by atoms with van der Waals surface area (Å²) in [5.74, 6) is 1.64. The van der Waals surface area contributed by atoms with E-state index in [1.807, 2.05) is 64.1 Å². The van der Waals surface area contributed by atoms with E-state index in [1.165, 1.54) is 5.56 Å². The van der Waals surface area contributed by atoms with E-state index >= 15 is 0 Å².